The summed E-state index contributed by atoms with van der Waals surface area (Å²) < 4.78 is 74.4. The van der Waals surface area contributed by atoms with E-state index in [1.54, 1.807) is 19.2 Å². The van der Waals surface area contributed by atoms with E-state index >= 15 is 0 Å². The monoisotopic (exact) mass is 475 g/mol. The van der Waals surface area contributed by atoms with Gasteiger partial charge in [0.1, 0.15) is 5.75 Å². The molecular formula is C24H18F5N3O2. The minimum atomic E-state index is -2.25. The van der Waals surface area contributed by atoms with Gasteiger partial charge in [0.15, 0.2) is 23.3 Å². The zero-order valence-corrected chi connectivity index (χ0v) is 18.0. The summed E-state index contributed by atoms with van der Waals surface area (Å²) in [5.41, 5.74) is -0.0908. The molecule has 0 fully saturated rings. The van der Waals surface area contributed by atoms with Gasteiger partial charge in [-0.2, -0.15) is 0 Å². The first-order valence-corrected chi connectivity index (χ1v) is 10.2. The summed E-state index contributed by atoms with van der Waals surface area (Å²) >= 11 is 0. The van der Waals surface area contributed by atoms with E-state index in [9.17, 15) is 26.7 Å². The standard InChI is InChI=1S/C24H18F5N3O2/c1-34-15-6-4-14(5-7-15)3-2-9-31-10-8-18-16(11-31)24(33)32(13-30-18)12-17-19(25)21(27)23(29)22(28)20(17)26/h4-7,13H,8-12H2,1H3. The number of benzene rings is 2. The first kappa shape index (κ1) is 23.4. The Kier molecular flexibility index (Phi) is 6.65. The van der Waals surface area contributed by atoms with Crippen molar-refractivity contribution >= 4 is 0 Å². The van der Waals surface area contributed by atoms with Gasteiger partial charge in [-0.25, -0.2) is 26.9 Å². The van der Waals surface area contributed by atoms with Crippen LogP contribution in [0.2, 0.25) is 0 Å². The Labute approximate surface area is 191 Å². The van der Waals surface area contributed by atoms with E-state index in [2.05, 4.69) is 16.8 Å². The molecule has 34 heavy (non-hydrogen) atoms. The van der Waals surface area contributed by atoms with Crippen LogP contribution in [0.1, 0.15) is 22.4 Å². The molecule has 0 amide bonds. The number of ether oxygens (including phenoxy) is 1. The topological polar surface area (TPSA) is 47.4 Å². The SMILES string of the molecule is COc1ccc(C#CCN2CCc3ncn(Cc4c(F)c(F)c(F)c(F)c4F)c(=O)c3C2)cc1. The van der Waals surface area contributed by atoms with Crippen molar-refractivity contribution in [3.63, 3.8) is 0 Å². The number of fused-ring (bicyclic) bond motifs is 1. The highest BCUT2D eigenvalue weighted by atomic mass is 19.2. The van der Waals surface area contributed by atoms with Crippen LogP contribution < -0.4 is 10.3 Å². The number of methoxy groups -OCH3 is 1. The zero-order chi connectivity index (χ0) is 24.4. The van der Waals surface area contributed by atoms with Crippen LogP contribution in [0, 0.1) is 40.9 Å². The fourth-order valence-corrected chi connectivity index (χ4v) is 3.64. The van der Waals surface area contributed by atoms with E-state index in [-0.39, 0.29) is 6.54 Å². The Balaban J connectivity index is 1.54. The lowest BCUT2D eigenvalue weighted by Crippen LogP contribution is -2.38. The van der Waals surface area contributed by atoms with Crippen molar-refractivity contribution in [2.24, 2.45) is 0 Å². The largest absolute Gasteiger partial charge is 0.497 e. The molecule has 0 bridgehead atoms. The normalized spacial score (nSPS) is 13.2. The molecule has 1 aliphatic rings. The second-order valence-electron chi connectivity index (χ2n) is 7.64. The number of hydrogen-bond donors (Lipinski definition) is 0. The highest BCUT2D eigenvalue weighted by molar-refractivity contribution is 5.38. The third kappa shape index (κ3) is 4.52. The molecule has 176 valence electrons. The Hall–Kier alpha value is -3.71. The number of aromatic nitrogens is 2. The maximum Gasteiger partial charge on any atom is 0.258 e. The summed E-state index contributed by atoms with van der Waals surface area (Å²) in [5, 5.41) is 0. The van der Waals surface area contributed by atoms with Crippen molar-refractivity contribution in [2.45, 2.75) is 19.5 Å². The van der Waals surface area contributed by atoms with E-state index in [1.165, 1.54) is 0 Å². The van der Waals surface area contributed by atoms with Crippen molar-refractivity contribution in [3.8, 4) is 17.6 Å². The molecular weight excluding hydrogens is 457 g/mol. The fourth-order valence-electron chi connectivity index (χ4n) is 3.64. The van der Waals surface area contributed by atoms with Gasteiger partial charge in [-0.05, 0) is 24.3 Å². The van der Waals surface area contributed by atoms with Crippen molar-refractivity contribution in [2.75, 3.05) is 20.2 Å². The third-order valence-electron chi connectivity index (χ3n) is 5.52. The third-order valence-corrected chi connectivity index (χ3v) is 5.52. The average molecular weight is 475 g/mol. The van der Waals surface area contributed by atoms with Gasteiger partial charge in [0, 0.05) is 30.6 Å². The lowest BCUT2D eigenvalue weighted by Gasteiger charge is -2.26. The number of rotatable bonds is 4. The molecule has 1 aliphatic heterocycles. The van der Waals surface area contributed by atoms with Crippen LogP contribution in [0.4, 0.5) is 22.0 Å². The predicted octanol–water partition coefficient (Wildman–Crippen LogP) is 3.41. The summed E-state index contributed by atoms with van der Waals surface area (Å²) in [6.45, 7) is 0.300. The second kappa shape index (κ2) is 9.65. The average Bonchev–Trinajstić information content (AvgIpc) is 2.86. The summed E-state index contributed by atoms with van der Waals surface area (Å²) in [4.78, 5) is 19.0. The first-order valence-electron chi connectivity index (χ1n) is 10.2. The second-order valence-corrected chi connectivity index (χ2v) is 7.64. The molecule has 4 rings (SSSR count). The van der Waals surface area contributed by atoms with Crippen molar-refractivity contribution < 1.29 is 26.7 Å². The number of hydrogen-bond acceptors (Lipinski definition) is 4. The maximum absolute atomic E-state index is 14.1. The molecule has 0 atom stereocenters. The van der Waals surface area contributed by atoms with Crippen LogP contribution in [-0.4, -0.2) is 34.7 Å². The summed E-state index contributed by atoms with van der Waals surface area (Å²) in [6.07, 6.45) is 1.51. The highest BCUT2D eigenvalue weighted by Crippen LogP contribution is 2.23. The van der Waals surface area contributed by atoms with Crippen molar-refractivity contribution in [1.82, 2.24) is 14.5 Å². The molecule has 0 saturated carbocycles. The fraction of sp³-hybridized carbons (Fsp3) is 0.250. The predicted molar refractivity (Wildman–Crippen MR) is 113 cm³/mol. The molecule has 1 aromatic heterocycles. The van der Waals surface area contributed by atoms with E-state index in [4.69, 9.17) is 4.74 Å². The molecule has 0 unspecified atom stereocenters. The molecule has 10 heteroatoms. The van der Waals surface area contributed by atoms with E-state index in [0.717, 1.165) is 16.5 Å². The molecule has 3 aromatic rings. The van der Waals surface area contributed by atoms with Crippen LogP contribution in [0.15, 0.2) is 35.4 Å². The van der Waals surface area contributed by atoms with Gasteiger partial charge in [-0.1, -0.05) is 11.8 Å². The van der Waals surface area contributed by atoms with Crippen LogP contribution >= 0.6 is 0 Å². The maximum atomic E-state index is 14.1. The minimum absolute atomic E-state index is 0.191. The van der Waals surface area contributed by atoms with E-state index in [0.29, 0.717) is 36.5 Å². The van der Waals surface area contributed by atoms with Crippen LogP contribution in [0.25, 0.3) is 0 Å². The molecule has 2 aromatic carbocycles. The lowest BCUT2D eigenvalue weighted by atomic mass is 10.1. The molecule has 2 heterocycles. The van der Waals surface area contributed by atoms with Gasteiger partial charge >= 0.3 is 0 Å². The van der Waals surface area contributed by atoms with Crippen molar-refractivity contribution in [3.05, 3.63) is 92.4 Å². The number of halogens is 5. The van der Waals surface area contributed by atoms with E-state index in [1.807, 2.05) is 17.0 Å². The van der Waals surface area contributed by atoms with Crippen LogP contribution in [0.3, 0.4) is 0 Å². The summed E-state index contributed by atoms with van der Waals surface area (Å²) in [5.74, 6) is -3.55. The quantitative estimate of drug-likeness (QED) is 0.251. The minimum Gasteiger partial charge on any atom is -0.497 e. The molecule has 0 radical (unpaired) electrons. The summed E-state index contributed by atoms with van der Waals surface area (Å²) in [6, 6.07) is 7.22. The zero-order valence-electron chi connectivity index (χ0n) is 18.0. The van der Waals surface area contributed by atoms with Gasteiger partial charge in [-0.3, -0.25) is 14.3 Å². The lowest BCUT2D eigenvalue weighted by molar-refractivity contribution is 0.280. The summed E-state index contributed by atoms with van der Waals surface area (Å²) in [7, 11) is 1.57. The highest BCUT2D eigenvalue weighted by Gasteiger charge is 2.27. The molecule has 0 saturated heterocycles. The Morgan fingerprint density at radius 3 is 2.29 bits per heavy atom. The smallest absolute Gasteiger partial charge is 0.258 e. The van der Waals surface area contributed by atoms with Crippen LogP contribution in [-0.2, 0) is 19.5 Å². The van der Waals surface area contributed by atoms with Crippen molar-refractivity contribution in [1.29, 1.82) is 0 Å². The molecule has 0 N–H and O–H groups in total. The van der Waals surface area contributed by atoms with Crippen LogP contribution in [0.5, 0.6) is 5.75 Å². The molecule has 5 nitrogen and oxygen atoms in total. The van der Waals surface area contributed by atoms with Gasteiger partial charge in [0.05, 0.1) is 37.8 Å². The Morgan fingerprint density at radius 1 is 1.00 bits per heavy atom. The molecule has 0 aliphatic carbocycles. The molecule has 0 spiro atoms. The van der Waals surface area contributed by atoms with Gasteiger partial charge in [0.25, 0.3) is 5.56 Å². The van der Waals surface area contributed by atoms with Gasteiger partial charge in [-0.15, -0.1) is 0 Å². The Morgan fingerprint density at radius 2 is 1.65 bits per heavy atom. The van der Waals surface area contributed by atoms with E-state index < -0.39 is 46.8 Å². The number of nitrogens with zero attached hydrogens (tertiary/aromatic N) is 3. The van der Waals surface area contributed by atoms with Gasteiger partial charge in [0.2, 0.25) is 5.82 Å². The van der Waals surface area contributed by atoms with Gasteiger partial charge < -0.3 is 4.74 Å². The Bertz CT molecular complexity index is 1330. The first-order chi connectivity index (χ1) is 16.3.